The van der Waals surface area contributed by atoms with Crippen LogP contribution in [0.2, 0.25) is 10.0 Å². The highest BCUT2D eigenvalue weighted by atomic mass is 35.5. The number of rotatable bonds is 7. The van der Waals surface area contributed by atoms with Crippen molar-refractivity contribution in [2.75, 3.05) is 46.0 Å². The lowest BCUT2D eigenvalue weighted by molar-refractivity contribution is -0.140. The maximum Gasteiger partial charge on any atom is 0.244 e. The Labute approximate surface area is 198 Å². The van der Waals surface area contributed by atoms with Gasteiger partial charge in [-0.05, 0) is 36.2 Å². The van der Waals surface area contributed by atoms with Gasteiger partial charge >= 0.3 is 0 Å². The van der Waals surface area contributed by atoms with Crippen LogP contribution in [0.25, 0.3) is 0 Å². The molecule has 32 heavy (non-hydrogen) atoms. The third-order valence-corrected chi connectivity index (χ3v) is 6.26. The first-order valence-corrected chi connectivity index (χ1v) is 11.8. The fraction of sp³-hybridized carbons (Fsp3) is 0.458. The van der Waals surface area contributed by atoms with Crippen molar-refractivity contribution in [2.24, 2.45) is 0 Å². The minimum atomic E-state index is -0.507. The van der Waals surface area contributed by atoms with Crippen molar-refractivity contribution in [3.8, 4) is 11.5 Å². The van der Waals surface area contributed by atoms with E-state index in [1.807, 2.05) is 35.2 Å². The highest BCUT2D eigenvalue weighted by Crippen LogP contribution is 2.34. The van der Waals surface area contributed by atoms with Crippen LogP contribution in [-0.4, -0.2) is 67.8 Å². The van der Waals surface area contributed by atoms with Gasteiger partial charge in [0.05, 0.1) is 19.8 Å². The highest BCUT2D eigenvalue weighted by Gasteiger charge is 2.35. The third-order valence-electron chi connectivity index (χ3n) is 5.70. The molecule has 0 N–H and O–H groups in total. The molecule has 0 radical (unpaired) electrons. The first-order chi connectivity index (χ1) is 15.6. The Morgan fingerprint density at radius 3 is 2.62 bits per heavy atom. The van der Waals surface area contributed by atoms with Crippen LogP contribution in [0.4, 0.5) is 0 Å². The molecule has 2 aliphatic heterocycles. The number of nitrogens with zero attached hydrogens (tertiary/aromatic N) is 2. The van der Waals surface area contributed by atoms with Gasteiger partial charge in [-0.3, -0.25) is 9.69 Å². The highest BCUT2D eigenvalue weighted by molar-refractivity contribution is 6.35. The average Bonchev–Trinajstić information content (AvgIpc) is 2.81. The smallest absolute Gasteiger partial charge is 0.244 e. The van der Waals surface area contributed by atoms with Crippen molar-refractivity contribution in [3.05, 3.63) is 58.1 Å². The second-order valence-corrected chi connectivity index (χ2v) is 8.84. The van der Waals surface area contributed by atoms with E-state index < -0.39 is 6.04 Å². The van der Waals surface area contributed by atoms with E-state index in [0.29, 0.717) is 61.8 Å². The number of fused-ring (bicyclic) bond motifs is 1. The fourth-order valence-electron chi connectivity index (χ4n) is 4.18. The Kier molecular flexibility index (Phi) is 7.79. The van der Waals surface area contributed by atoms with Crippen LogP contribution >= 0.6 is 23.2 Å². The summed E-state index contributed by atoms with van der Waals surface area (Å²) in [5, 5.41) is 1.04. The molecule has 0 aliphatic carbocycles. The van der Waals surface area contributed by atoms with Crippen molar-refractivity contribution >= 4 is 29.1 Å². The Hall–Kier alpha value is -1.99. The molecule has 0 spiro atoms. The zero-order chi connectivity index (χ0) is 22.5. The summed E-state index contributed by atoms with van der Waals surface area (Å²) in [5.41, 5.74) is 0.759. The minimum Gasteiger partial charge on any atom is -0.486 e. The van der Waals surface area contributed by atoms with Gasteiger partial charge in [0.25, 0.3) is 0 Å². The Bertz CT molecular complexity index is 936. The predicted molar refractivity (Wildman–Crippen MR) is 125 cm³/mol. The van der Waals surface area contributed by atoms with Crippen molar-refractivity contribution in [3.63, 3.8) is 0 Å². The molecule has 2 heterocycles. The molecule has 8 heteroatoms. The molecule has 1 fully saturated rings. The molecule has 6 nitrogen and oxygen atoms in total. The topological polar surface area (TPSA) is 51.2 Å². The minimum absolute atomic E-state index is 0.000399. The molecule has 0 saturated carbocycles. The molecule has 2 unspecified atom stereocenters. The zero-order valence-electron chi connectivity index (χ0n) is 18.1. The number of morpholine rings is 1. The summed E-state index contributed by atoms with van der Waals surface area (Å²) < 4.78 is 17.5. The molecule has 2 aromatic carbocycles. The van der Waals surface area contributed by atoms with Crippen LogP contribution in [0.5, 0.6) is 11.5 Å². The van der Waals surface area contributed by atoms with E-state index in [1.165, 1.54) is 0 Å². The van der Waals surface area contributed by atoms with E-state index >= 15 is 0 Å². The van der Waals surface area contributed by atoms with Crippen LogP contribution in [0, 0.1) is 0 Å². The molecule has 0 bridgehead atoms. The van der Waals surface area contributed by atoms with Crippen LogP contribution in [0.3, 0.4) is 0 Å². The van der Waals surface area contributed by atoms with Crippen molar-refractivity contribution in [2.45, 2.75) is 25.5 Å². The number of carbonyl (C=O) groups excluding carboxylic acids is 1. The molecule has 2 aliphatic rings. The van der Waals surface area contributed by atoms with Crippen molar-refractivity contribution in [1.29, 1.82) is 0 Å². The van der Waals surface area contributed by atoms with Gasteiger partial charge in [-0.1, -0.05) is 48.3 Å². The van der Waals surface area contributed by atoms with Gasteiger partial charge in [-0.15, -0.1) is 0 Å². The summed E-state index contributed by atoms with van der Waals surface area (Å²) in [4.78, 5) is 17.9. The molecular weight excluding hydrogens is 451 g/mol. The number of amides is 1. The quantitative estimate of drug-likeness (QED) is 0.588. The van der Waals surface area contributed by atoms with Gasteiger partial charge in [0.2, 0.25) is 5.91 Å². The number of benzene rings is 2. The third kappa shape index (κ3) is 5.31. The molecule has 4 rings (SSSR count). The molecule has 2 aromatic rings. The molecule has 2 atom stereocenters. The van der Waals surface area contributed by atoms with Crippen LogP contribution in [-0.2, 0) is 9.53 Å². The zero-order valence-corrected chi connectivity index (χ0v) is 19.6. The van der Waals surface area contributed by atoms with Crippen LogP contribution < -0.4 is 9.47 Å². The van der Waals surface area contributed by atoms with Gasteiger partial charge in [0.1, 0.15) is 12.6 Å². The first-order valence-electron chi connectivity index (χ1n) is 11.0. The number of halogens is 2. The summed E-state index contributed by atoms with van der Waals surface area (Å²) in [7, 11) is 0. The Morgan fingerprint density at radius 2 is 1.91 bits per heavy atom. The van der Waals surface area contributed by atoms with E-state index in [1.54, 1.807) is 12.1 Å². The van der Waals surface area contributed by atoms with E-state index in [4.69, 9.17) is 37.4 Å². The van der Waals surface area contributed by atoms with Crippen molar-refractivity contribution in [1.82, 2.24) is 9.80 Å². The monoisotopic (exact) mass is 478 g/mol. The van der Waals surface area contributed by atoms with E-state index in [0.717, 1.165) is 17.7 Å². The average molecular weight is 479 g/mol. The summed E-state index contributed by atoms with van der Waals surface area (Å²) in [6.07, 6.45) is 0.589. The molecule has 172 valence electrons. The molecular formula is C24H28Cl2N2O4. The van der Waals surface area contributed by atoms with Crippen molar-refractivity contribution < 1.29 is 19.0 Å². The van der Waals surface area contributed by atoms with Crippen LogP contribution in [0.1, 0.15) is 24.9 Å². The number of hydrogen-bond acceptors (Lipinski definition) is 5. The SMILES string of the molecule is CCCN(CC1COc2ccccc2O1)C(=O)C(c1ccc(Cl)cc1Cl)N1CCOCC1. The lowest BCUT2D eigenvalue weighted by atomic mass is 10.0. The second kappa shape index (κ2) is 10.8. The number of ether oxygens (including phenoxy) is 3. The molecule has 1 saturated heterocycles. The van der Waals surface area contributed by atoms with Gasteiger partial charge in [-0.2, -0.15) is 0 Å². The summed E-state index contributed by atoms with van der Waals surface area (Å²) in [6.45, 7) is 6.00. The Morgan fingerprint density at radius 1 is 1.16 bits per heavy atom. The molecule has 1 amide bonds. The van der Waals surface area contributed by atoms with Gasteiger partial charge in [-0.25, -0.2) is 0 Å². The number of hydrogen-bond donors (Lipinski definition) is 0. The van der Waals surface area contributed by atoms with E-state index in [-0.39, 0.29) is 12.0 Å². The van der Waals surface area contributed by atoms with E-state index in [9.17, 15) is 4.79 Å². The predicted octanol–water partition coefficient (Wildman–Crippen LogP) is 4.45. The van der Waals surface area contributed by atoms with Gasteiger partial charge < -0.3 is 19.1 Å². The number of para-hydroxylation sites is 2. The standard InChI is InChI=1S/C24H28Cl2N2O4/c1-2-9-28(15-18-16-31-21-5-3-4-6-22(21)32-18)24(29)23(27-10-12-30-13-11-27)19-8-7-17(25)14-20(19)26/h3-8,14,18,23H,2,9-13,15-16H2,1H3. The van der Waals surface area contributed by atoms with Gasteiger partial charge in [0.15, 0.2) is 17.6 Å². The normalized spacial score (nSPS) is 19.4. The Balaban J connectivity index is 1.58. The molecule has 0 aromatic heterocycles. The van der Waals surface area contributed by atoms with E-state index in [2.05, 4.69) is 11.8 Å². The lowest BCUT2D eigenvalue weighted by Gasteiger charge is -2.38. The summed E-state index contributed by atoms with van der Waals surface area (Å²) >= 11 is 12.7. The fourth-order valence-corrected chi connectivity index (χ4v) is 4.69. The lowest BCUT2D eigenvalue weighted by Crippen LogP contribution is -2.50. The summed E-state index contributed by atoms with van der Waals surface area (Å²) in [6, 6.07) is 12.4. The van der Waals surface area contributed by atoms with Crippen LogP contribution in [0.15, 0.2) is 42.5 Å². The first kappa shape index (κ1) is 23.2. The second-order valence-electron chi connectivity index (χ2n) is 8.00. The van der Waals surface area contributed by atoms with Gasteiger partial charge in [0, 0.05) is 29.7 Å². The number of carbonyl (C=O) groups is 1. The summed E-state index contributed by atoms with van der Waals surface area (Å²) in [5.74, 6) is 1.44. The largest absolute Gasteiger partial charge is 0.486 e. The maximum atomic E-state index is 13.9. The maximum absolute atomic E-state index is 13.9.